The molecule has 0 spiro atoms. The van der Waals surface area contributed by atoms with Gasteiger partial charge in [0.2, 0.25) is 5.91 Å². The third-order valence-electron chi connectivity index (χ3n) is 9.36. The third kappa shape index (κ3) is 11.5. The minimum Gasteiger partial charge on any atom is -0.505 e. The number of hydrogen-bond donors (Lipinski definition) is 7. The smallest absolute Gasteiger partial charge is 0.296 e. The molecule has 7 aromatic rings. The molecule has 0 fully saturated rings. The van der Waals surface area contributed by atoms with Gasteiger partial charge in [-0.05, 0) is 108 Å². The molecule has 0 aliphatic carbocycles. The number of phenols is 1. The molecule has 0 atom stereocenters. The zero-order valence-corrected chi connectivity index (χ0v) is 36.4. The second-order valence-corrected chi connectivity index (χ2v) is 18.1. The van der Waals surface area contributed by atoms with Crippen molar-refractivity contribution in [1.29, 1.82) is 0 Å². The monoisotopic (exact) mass is 939 g/mol. The van der Waals surface area contributed by atoms with Crippen molar-refractivity contribution in [3.8, 4) is 11.5 Å². The Balaban J connectivity index is 0.000000292. The number of nitrogens with one attached hydrogen (secondary N) is 1. The first-order chi connectivity index (χ1) is 30.6. The largest absolute Gasteiger partial charge is 0.505 e. The van der Waals surface area contributed by atoms with E-state index in [1.807, 2.05) is 37.3 Å². The molecule has 19 nitrogen and oxygen atoms in total. The zero-order valence-electron chi connectivity index (χ0n) is 33.9. The lowest BCUT2D eigenvalue weighted by molar-refractivity contribution is -0.111. The van der Waals surface area contributed by atoms with Crippen LogP contribution in [0, 0.1) is 6.92 Å². The number of nitrogens with zero attached hydrogens (tertiary/aromatic N) is 4. The van der Waals surface area contributed by atoms with Crippen molar-refractivity contribution in [3.63, 3.8) is 0 Å². The predicted molar refractivity (Wildman–Crippen MR) is 244 cm³/mol. The molecule has 9 N–H and O–H groups in total. The molecule has 0 aliphatic heterocycles. The van der Waals surface area contributed by atoms with Gasteiger partial charge in [-0.15, -0.1) is 10.2 Å². The number of ether oxygens (including phenoxy) is 1. The van der Waals surface area contributed by atoms with Crippen LogP contribution in [0.25, 0.3) is 27.6 Å². The van der Waals surface area contributed by atoms with Crippen molar-refractivity contribution in [1.82, 2.24) is 0 Å². The number of aromatic hydroxyl groups is 1. The van der Waals surface area contributed by atoms with E-state index in [1.165, 1.54) is 31.4 Å². The van der Waals surface area contributed by atoms with E-state index < -0.39 is 51.6 Å². The molecular formula is C43H37N7O12S3. The van der Waals surface area contributed by atoms with Crippen LogP contribution >= 0.6 is 0 Å². The van der Waals surface area contributed by atoms with Gasteiger partial charge in [0.25, 0.3) is 30.4 Å². The number of anilines is 3. The van der Waals surface area contributed by atoms with E-state index in [2.05, 4.69) is 25.8 Å². The average Bonchev–Trinajstić information content (AvgIpc) is 3.26. The van der Waals surface area contributed by atoms with Gasteiger partial charge in [0, 0.05) is 39.7 Å². The fourth-order valence-electron chi connectivity index (χ4n) is 6.07. The maximum absolute atomic E-state index is 12.3. The van der Waals surface area contributed by atoms with Crippen molar-refractivity contribution in [2.75, 3.05) is 23.9 Å². The van der Waals surface area contributed by atoms with Crippen LogP contribution in [0.5, 0.6) is 11.5 Å². The summed E-state index contributed by atoms with van der Waals surface area (Å²) in [6.45, 7) is 1.85. The number of phenolic OH excluding ortho intramolecular Hbond substituents is 1. The summed E-state index contributed by atoms with van der Waals surface area (Å²) in [5.41, 5.74) is 15.6. The minimum absolute atomic E-state index is 0.0283. The number of fused-ring (bicyclic) bond motifs is 2. The molecule has 334 valence electrons. The Hall–Kier alpha value is -7.60. The van der Waals surface area contributed by atoms with Gasteiger partial charge in [-0.2, -0.15) is 35.5 Å². The predicted octanol–water partition coefficient (Wildman–Crippen LogP) is 9.09. The molecule has 0 aromatic heterocycles. The molecule has 0 unspecified atom stereocenters. The van der Waals surface area contributed by atoms with Crippen molar-refractivity contribution < 1.29 is 53.5 Å². The van der Waals surface area contributed by atoms with Gasteiger partial charge in [-0.3, -0.25) is 18.5 Å². The molecule has 0 heterocycles. The number of nitrogens with two attached hydrogens (primary N) is 2. The van der Waals surface area contributed by atoms with Gasteiger partial charge in [-0.25, -0.2) is 0 Å². The number of azo groups is 2. The van der Waals surface area contributed by atoms with E-state index in [4.69, 9.17) is 25.3 Å². The molecule has 7 aromatic carbocycles. The maximum Gasteiger partial charge on any atom is 0.296 e. The number of benzene rings is 7. The summed E-state index contributed by atoms with van der Waals surface area (Å²) in [4.78, 5) is 10.7. The molecule has 0 saturated heterocycles. The second-order valence-electron chi connectivity index (χ2n) is 13.8. The Morgan fingerprint density at radius 3 is 1.89 bits per heavy atom. The Morgan fingerprint density at radius 1 is 0.646 bits per heavy atom. The number of rotatable bonds is 11. The van der Waals surface area contributed by atoms with Crippen LogP contribution in [-0.4, -0.2) is 57.0 Å². The lowest BCUT2D eigenvalue weighted by Crippen LogP contribution is -2.07. The van der Waals surface area contributed by atoms with Crippen molar-refractivity contribution in [3.05, 3.63) is 139 Å². The van der Waals surface area contributed by atoms with E-state index in [-0.39, 0.29) is 21.6 Å². The molecule has 22 heteroatoms. The average molecular weight is 940 g/mol. The quantitative estimate of drug-likeness (QED) is 0.0209. The van der Waals surface area contributed by atoms with Crippen LogP contribution in [0.1, 0.15) is 11.1 Å². The summed E-state index contributed by atoms with van der Waals surface area (Å²) in [5.74, 6) is -0.450. The highest BCUT2D eigenvalue weighted by molar-refractivity contribution is 7.86. The number of methoxy groups -OCH3 is 1. The number of hydrogen-bond acceptors (Lipinski definition) is 15. The van der Waals surface area contributed by atoms with Gasteiger partial charge >= 0.3 is 0 Å². The lowest BCUT2D eigenvalue weighted by atomic mass is 10.1. The van der Waals surface area contributed by atoms with Crippen molar-refractivity contribution in [2.24, 2.45) is 20.5 Å². The fraction of sp³-hybridized carbons (Fsp3) is 0.0465. The molecular weight excluding hydrogens is 903 g/mol. The van der Waals surface area contributed by atoms with Gasteiger partial charge < -0.3 is 26.6 Å². The summed E-state index contributed by atoms with van der Waals surface area (Å²) >= 11 is 0. The molecule has 7 rings (SSSR count). The Labute approximate surface area is 371 Å². The van der Waals surface area contributed by atoms with Crippen LogP contribution in [0.4, 0.5) is 39.8 Å². The molecule has 65 heavy (non-hydrogen) atoms. The lowest BCUT2D eigenvalue weighted by Gasteiger charge is -2.09. The van der Waals surface area contributed by atoms with Crippen LogP contribution in [0.15, 0.2) is 163 Å². The molecule has 0 aliphatic rings. The van der Waals surface area contributed by atoms with E-state index in [0.29, 0.717) is 50.6 Å². The van der Waals surface area contributed by atoms with Crippen molar-refractivity contribution in [2.45, 2.75) is 21.6 Å². The molecule has 1 amide bonds. The number of amides is 1. The van der Waals surface area contributed by atoms with Crippen LogP contribution < -0.4 is 21.5 Å². The van der Waals surface area contributed by atoms with Crippen LogP contribution in [0.2, 0.25) is 0 Å². The number of nitrogen functional groups attached to an aromatic ring is 2. The topological polar surface area (TPSA) is 323 Å². The van der Waals surface area contributed by atoms with E-state index in [9.17, 15) is 39.7 Å². The Kier molecular flexibility index (Phi) is 13.7. The van der Waals surface area contributed by atoms with Gasteiger partial charge in [-0.1, -0.05) is 36.4 Å². The fourth-order valence-corrected chi connectivity index (χ4v) is 7.75. The van der Waals surface area contributed by atoms with E-state index in [1.54, 1.807) is 54.6 Å². The van der Waals surface area contributed by atoms with E-state index in [0.717, 1.165) is 35.4 Å². The highest BCUT2D eigenvalue weighted by atomic mass is 32.2. The number of carbonyl (C=O) groups excluding carboxylic acids is 1. The molecule has 0 bridgehead atoms. The van der Waals surface area contributed by atoms with Crippen LogP contribution in [-0.2, 0) is 35.1 Å². The van der Waals surface area contributed by atoms with Gasteiger partial charge in [0.05, 0.1) is 39.7 Å². The SMILES string of the molecule is COc1cc(N=Nc2ccc(NC(=O)/C=C/c3ccccc3)cc2)c(C)cc1N=Nc1ccc(N)c2cc(S(=O)(=O)O)ccc12.Nc1c(S(=O)(=O)O)cc2cc(S(=O)(=O)O)ccc2c1O. The van der Waals surface area contributed by atoms with Crippen LogP contribution in [0.3, 0.4) is 0 Å². The first kappa shape index (κ1) is 46.9. The molecule has 0 radical (unpaired) electrons. The Bertz CT molecular complexity index is 3420. The standard InChI is InChI=1S/C33H28N6O5S.C10H9NO7S2/c1-21-18-31(39-37-29-16-15-28(34)27-19-25(45(41,42)43)13-14-26(27)29)32(44-2)20-30(21)38-36-24-11-9-23(10-12-24)35-33(40)17-8-22-6-4-3-5-7-22;11-9-8(20(16,17)18)4-5-3-6(19(13,14)15)1-2-7(5)10(9)12/h3-20H,34H2,1-2H3,(H,35,40)(H,41,42,43);1-4,12H,11H2,(H,13,14,15)(H,16,17,18)/b17-8+,38-36?,39-37?;. The third-order valence-corrected chi connectivity index (χ3v) is 11.9. The van der Waals surface area contributed by atoms with Gasteiger partial charge in [0.15, 0.2) is 0 Å². The highest BCUT2D eigenvalue weighted by Gasteiger charge is 2.21. The summed E-state index contributed by atoms with van der Waals surface area (Å²) < 4.78 is 100. The first-order valence-electron chi connectivity index (χ1n) is 18.6. The summed E-state index contributed by atoms with van der Waals surface area (Å²) in [7, 11) is -12.1. The minimum atomic E-state index is -4.69. The molecule has 0 saturated carbocycles. The number of carbonyl (C=O) groups is 1. The summed E-state index contributed by atoms with van der Waals surface area (Å²) in [5, 5.41) is 31.0. The normalized spacial score (nSPS) is 12.2. The first-order valence-corrected chi connectivity index (χ1v) is 22.9. The maximum atomic E-state index is 12.3. The highest BCUT2D eigenvalue weighted by Crippen LogP contribution is 2.39. The van der Waals surface area contributed by atoms with Gasteiger partial charge in [0.1, 0.15) is 22.1 Å². The second kappa shape index (κ2) is 19.0. The summed E-state index contributed by atoms with van der Waals surface area (Å²) in [6, 6.07) is 31.3. The number of aryl methyl sites for hydroxylation is 1. The van der Waals surface area contributed by atoms with Crippen molar-refractivity contribution >= 4 is 104 Å². The summed E-state index contributed by atoms with van der Waals surface area (Å²) in [6.07, 6.45) is 3.22. The zero-order chi connectivity index (χ0) is 47.3. The van der Waals surface area contributed by atoms with E-state index >= 15 is 0 Å². The Morgan fingerprint density at radius 2 is 1.26 bits per heavy atom.